The molecule has 2 atom stereocenters. The van der Waals surface area contributed by atoms with Crippen LogP contribution in [0.1, 0.15) is 11.5 Å². The molecule has 0 aliphatic carbocycles. The lowest BCUT2D eigenvalue weighted by Gasteiger charge is -2.25. The molecule has 0 radical (unpaired) electrons. The molecule has 0 saturated carbocycles. The van der Waals surface area contributed by atoms with E-state index in [4.69, 9.17) is 10.00 Å². The lowest BCUT2D eigenvalue weighted by atomic mass is 9.93. The van der Waals surface area contributed by atoms with Crippen molar-refractivity contribution in [2.45, 2.75) is 23.7 Å². The molecule has 134 valence electrons. The van der Waals surface area contributed by atoms with Crippen LogP contribution in [0.15, 0.2) is 24.3 Å². The van der Waals surface area contributed by atoms with Crippen molar-refractivity contribution in [3.63, 3.8) is 0 Å². The number of hydrogen-bond donors (Lipinski definition) is 0. The van der Waals surface area contributed by atoms with Crippen LogP contribution in [0.4, 0.5) is 26.3 Å². The van der Waals surface area contributed by atoms with Crippen molar-refractivity contribution >= 4 is 10.1 Å². The van der Waals surface area contributed by atoms with Gasteiger partial charge >= 0.3 is 21.8 Å². The largest absolute Gasteiger partial charge is 0.523 e. The molecule has 24 heavy (non-hydrogen) atoms. The Morgan fingerprint density at radius 1 is 1.08 bits per heavy atom. The summed E-state index contributed by atoms with van der Waals surface area (Å²) in [6.45, 7) is 0. The Kier molecular flexibility index (Phi) is 5.73. The van der Waals surface area contributed by atoms with E-state index in [-0.39, 0.29) is 5.75 Å². The maximum Gasteiger partial charge on any atom is 0.523 e. The average molecular weight is 377 g/mol. The monoisotopic (exact) mass is 377 g/mol. The van der Waals surface area contributed by atoms with Crippen LogP contribution in [-0.2, 0) is 14.3 Å². The molecule has 0 spiro atoms. The van der Waals surface area contributed by atoms with Gasteiger partial charge in [0.25, 0.3) is 0 Å². The van der Waals surface area contributed by atoms with E-state index in [0.717, 1.165) is 30.3 Å². The van der Waals surface area contributed by atoms with Crippen LogP contribution < -0.4 is 4.74 Å². The fourth-order valence-corrected chi connectivity index (χ4v) is 2.23. The molecule has 0 amide bonds. The van der Waals surface area contributed by atoms with Crippen LogP contribution in [0.2, 0.25) is 0 Å². The lowest BCUT2D eigenvalue weighted by Crippen LogP contribution is -2.37. The smallest absolute Gasteiger partial charge is 0.497 e. The van der Waals surface area contributed by atoms with E-state index in [0.29, 0.717) is 0 Å². The normalized spacial score (nSPS) is 15.4. The summed E-state index contributed by atoms with van der Waals surface area (Å²) in [6, 6.07) is 4.63. The summed E-state index contributed by atoms with van der Waals surface area (Å²) >= 11 is 0. The van der Waals surface area contributed by atoms with Gasteiger partial charge in [-0.25, -0.2) is 4.18 Å². The number of methoxy groups -OCH3 is 1. The van der Waals surface area contributed by atoms with E-state index < -0.39 is 39.4 Å². The zero-order valence-corrected chi connectivity index (χ0v) is 12.5. The van der Waals surface area contributed by atoms with E-state index >= 15 is 0 Å². The fraction of sp³-hybridized carbons (Fsp3) is 0.417. The molecule has 0 N–H and O–H groups in total. The molecular formula is C12H9F6NO4S. The Morgan fingerprint density at radius 2 is 1.58 bits per heavy atom. The number of hydrogen-bond acceptors (Lipinski definition) is 5. The Hall–Kier alpha value is -2.00. The van der Waals surface area contributed by atoms with Gasteiger partial charge in [-0.1, -0.05) is 12.1 Å². The molecule has 1 unspecified atom stereocenters. The van der Waals surface area contributed by atoms with Gasteiger partial charge in [-0.3, -0.25) is 0 Å². The summed E-state index contributed by atoms with van der Waals surface area (Å²) in [7, 11) is -5.15. The molecule has 0 fully saturated rings. The summed E-state index contributed by atoms with van der Waals surface area (Å²) in [5.41, 5.74) is -6.62. The van der Waals surface area contributed by atoms with Gasteiger partial charge in [-0.15, -0.1) is 0 Å². The van der Waals surface area contributed by atoms with E-state index in [1.807, 2.05) is 0 Å². The lowest BCUT2D eigenvalue weighted by molar-refractivity contribution is -0.164. The second kappa shape index (κ2) is 6.86. The molecule has 0 bridgehead atoms. The van der Waals surface area contributed by atoms with Crippen LogP contribution in [0.3, 0.4) is 0 Å². The number of alkyl halides is 6. The highest BCUT2D eigenvalue weighted by atomic mass is 32.2. The summed E-state index contributed by atoms with van der Waals surface area (Å²) in [5, 5.41) is 8.72. The molecule has 0 saturated heterocycles. The van der Waals surface area contributed by atoms with Gasteiger partial charge in [0.2, 0.25) is 0 Å². The van der Waals surface area contributed by atoms with Crippen molar-refractivity contribution in [2.24, 2.45) is 0 Å². The second-order valence-corrected chi connectivity index (χ2v) is 5.90. The first kappa shape index (κ1) is 20.0. The molecule has 12 heteroatoms. The van der Waals surface area contributed by atoms with Gasteiger partial charge in [-0.05, 0) is 17.7 Å². The molecule has 0 aliphatic rings. The van der Waals surface area contributed by atoms with Gasteiger partial charge in [0.15, 0.2) is 6.10 Å². The summed E-state index contributed by atoms with van der Waals surface area (Å²) in [5.74, 6) is -2.76. The van der Waals surface area contributed by atoms with Gasteiger partial charge in [0.05, 0.1) is 13.2 Å². The van der Waals surface area contributed by atoms with Crippen LogP contribution >= 0.6 is 0 Å². The SMILES string of the molecule is COc1ccc(C([C@H](C#N)OS(=O)(=O)C(F)(F)F)C(F)(F)F)cc1. The molecule has 1 aromatic carbocycles. The highest BCUT2D eigenvalue weighted by Gasteiger charge is 2.54. The standard InChI is InChI=1S/C12H9F6NO4S/c1-22-8-4-2-7(3-5-8)10(11(13,14)15)9(6-19)23-24(20,21)12(16,17)18/h2-5,9-10H,1H3/t9-,10?/m0/s1. The molecular weight excluding hydrogens is 368 g/mol. The molecule has 0 aromatic heterocycles. The van der Waals surface area contributed by atoms with E-state index in [2.05, 4.69) is 4.18 Å². The first-order valence-electron chi connectivity index (χ1n) is 5.93. The third-order valence-corrected chi connectivity index (χ3v) is 3.80. The predicted molar refractivity (Wildman–Crippen MR) is 67.3 cm³/mol. The number of benzene rings is 1. The topological polar surface area (TPSA) is 76.4 Å². The Bertz CT molecular complexity index is 705. The highest BCUT2D eigenvalue weighted by molar-refractivity contribution is 7.87. The second-order valence-electron chi connectivity index (χ2n) is 4.34. The van der Waals surface area contributed by atoms with Crippen LogP contribution in [0.25, 0.3) is 0 Å². The Morgan fingerprint density at radius 3 is 1.92 bits per heavy atom. The van der Waals surface area contributed by atoms with Gasteiger partial charge in [0, 0.05) is 0 Å². The van der Waals surface area contributed by atoms with Crippen molar-refractivity contribution in [3.8, 4) is 11.8 Å². The van der Waals surface area contributed by atoms with Crippen molar-refractivity contribution in [2.75, 3.05) is 7.11 Å². The number of nitrogens with zero attached hydrogens (tertiary/aromatic N) is 1. The average Bonchev–Trinajstić information content (AvgIpc) is 2.44. The van der Waals surface area contributed by atoms with Crippen LogP contribution in [0.5, 0.6) is 5.75 Å². The Balaban J connectivity index is 3.30. The van der Waals surface area contributed by atoms with Crippen molar-refractivity contribution in [1.29, 1.82) is 5.26 Å². The number of nitriles is 1. The summed E-state index contributed by atoms with van der Waals surface area (Å²) in [4.78, 5) is 0. The zero-order chi connectivity index (χ0) is 18.8. The van der Waals surface area contributed by atoms with Gasteiger partial charge in [0.1, 0.15) is 11.7 Å². The highest BCUT2D eigenvalue weighted by Crippen LogP contribution is 2.40. The van der Waals surface area contributed by atoms with Crippen LogP contribution in [-0.4, -0.2) is 33.3 Å². The predicted octanol–water partition coefficient (Wildman–Crippen LogP) is 3.10. The maximum absolute atomic E-state index is 13.2. The third kappa shape index (κ3) is 4.51. The van der Waals surface area contributed by atoms with E-state index in [1.54, 1.807) is 0 Å². The first-order chi connectivity index (χ1) is 10.8. The molecule has 1 aromatic rings. The maximum atomic E-state index is 13.2. The van der Waals surface area contributed by atoms with Crippen molar-refractivity contribution < 1.29 is 43.7 Å². The van der Waals surface area contributed by atoms with Gasteiger partial charge < -0.3 is 4.74 Å². The molecule has 1 rings (SSSR count). The minimum absolute atomic E-state index is 0.150. The summed E-state index contributed by atoms with van der Waals surface area (Å²) in [6.07, 6.45) is -8.19. The van der Waals surface area contributed by atoms with Crippen LogP contribution in [0, 0.1) is 11.3 Å². The number of halogens is 6. The van der Waals surface area contributed by atoms with E-state index in [1.165, 1.54) is 7.11 Å². The van der Waals surface area contributed by atoms with Gasteiger partial charge in [-0.2, -0.15) is 40.0 Å². The first-order valence-corrected chi connectivity index (χ1v) is 7.34. The third-order valence-electron chi connectivity index (χ3n) is 2.77. The van der Waals surface area contributed by atoms with E-state index in [9.17, 15) is 34.8 Å². The Labute approximate surface area is 132 Å². The van der Waals surface area contributed by atoms with Crippen molar-refractivity contribution in [3.05, 3.63) is 29.8 Å². The zero-order valence-electron chi connectivity index (χ0n) is 11.7. The minimum Gasteiger partial charge on any atom is -0.497 e. The fourth-order valence-electron chi connectivity index (χ4n) is 1.69. The molecule has 5 nitrogen and oxygen atoms in total. The quantitative estimate of drug-likeness (QED) is 0.448. The minimum atomic E-state index is -6.38. The number of rotatable bonds is 5. The molecule has 0 aliphatic heterocycles. The van der Waals surface area contributed by atoms with Crippen molar-refractivity contribution in [1.82, 2.24) is 0 Å². The number of ether oxygens (including phenoxy) is 1. The summed E-state index contributed by atoms with van der Waals surface area (Å²) < 4.78 is 106. The molecule has 0 heterocycles.